The summed E-state index contributed by atoms with van der Waals surface area (Å²) in [5, 5.41) is 15.3. The van der Waals surface area contributed by atoms with E-state index in [9.17, 15) is 14.7 Å². The number of aliphatic hydroxyl groups excluding tert-OH is 1. The summed E-state index contributed by atoms with van der Waals surface area (Å²) in [6.45, 7) is 4.35. The predicted molar refractivity (Wildman–Crippen MR) is 131 cm³/mol. The highest BCUT2D eigenvalue weighted by Crippen LogP contribution is 2.33. The molecule has 3 aromatic rings. The fourth-order valence-electron chi connectivity index (χ4n) is 4.85. The van der Waals surface area contributed by atoms with E-state index in [1.807, 2.05) is 44.2 Å². The molecule has 9 heteroatoms. The third kappa shape index (κ3) is 5.06. The first-order valence-electron chi connectivity index (χ1n) is 11.6. The van der Waals surface area contributed by atoms with Gasteiger partial charge < -0.3 is 29.8 Å². The Hall–Kier alpha value is -2.91. The highest BCUT2D eigenvalue weighted by molar-refractivity contribution is 6.31. The lowest BCUT2D eigenvalue weighted by Gasteiger charge is -2.28. The average Bonchev–Trinajstić information content (AvgIpc) is 3.48. The van der Waals surface area contributed by atoms with Gasteiger partial charge in [-0.1, -0.05) is 41.9 Å². The van der Waals surface area contributed by atoms with Gasteiger partial charge in [0.25, 0.3) is 11.8 Å². The molecule has 35 heavy (non-hydrogen) atoms. The summed E-state index contributed by atoms with van der Waals surface area (Å²) in [5.41, 5.74) is 1.97. The normalized spacial score (nSPS) is 22.7. The number of rotatable bonds is 6. The molecular formula is C26H28ClN3O5. The number of hydrogen-bond acceptors (Lipinski definition) is 5. The third-order valence-electron chi connectivity index (χ3n) is 6.47. The van der Waals surface area contributed by atoms with E-state index in [0.29, 0.717) is 23.8 Å². The highest BCUT2D eigenvalue weighted by atomic mass is 35.5. The van der Waals surface area contributed by atoms with Crippen molar-refractivity contribution in [2.24, 2.45) is 0 Å². The Bertz CT molecular complexity index is 1230. The number of aromatic nitrogens is 1. The first-order valence-corrected chi connectivity index (χ1v) is 12.0. The minimum Gasteiger partial charge on any atom is -0.381 e. The molecule has 8 nitrogen and oxygen atoms in total. The third-order valence-corrected chi connectivity index (χ3v) is 6.71. The second-order valence-corrected chi connectivity index (χ2v) is 10.0. The minimum atomic E-state index is -1.44. The van der Waals surface area contributed by atoms with Crippen LogP contribution < -0.4 is 5.32 Å². The largest absolute Gasteiger partial charge is 0.381 e. The monoisotopic (exact) mass is 497 g/mol. The van der Waals surface area contributed by atoms with Crippen LogP contribution in [0, 0.1) is 0 Å². The molecule has 2 aromatic carbocycles. The lowest BCUT2D eigenvalue weighted by molar-refractivity contribution is -0.163. The van der Waals surface area contributed by atoms with Crippen LogP contribution in [0.15, 0.2) is 54.6 Å². The molecule has 0 aliphatic carbocycles. The second-order valence-electron chi connectivity index (χ2n) is 9.58. The number of likely N-dealkylation sites (tertiary alicyclic amines) is 1. The minimum absolute atomic E-state index is 0.235. The van der Waals surface area contributed by atoms with Crippen molar-refractivity contribution in [2.45, 2.75) is 50.4 Å². The highest BCUT2D eigenvalue weighted by Gasteiger charge is 2.49. The van der Waals surface area contributed by atoms with Crippen LogP contribution in [0.1, 0.15) is 29.9 Å². The number of hydrogen-bond donors (Lipinski definition) is 3. The Labute approximate surface area is 208 Å². The molecule has 2 amide bonds. The smallest absolute Gasteiger partial charge is 0.268 e. The molecule has 0 bridgehead atoms. The number of nitrogens with zero attached hydrogens (tertiary/aromatic N) is 1. The quantitative estimate of drug-likeness (QED) is 0.486. The Kier molecular flexibility index (Phi) is 6.31. The van der Waals surface area contributed by atoms with Crippen LogP contribution in [0.3, 0.4) is 0 Å². The fraction of sp³-hybridized carbons (Fsp3) is 0.385. The summed E-state index contributed by atoms with van der Waals surface area (Å²) in [7, 11) is 0. The average molecular weight is 498 g/mol. The molecule has 0 spiro atoms. The van der Waals surface area contributed by atoms with Crippen LogP contribution in [0.4, 0.5) is 0 Å². The number of amides is 2. The number of H-pyrrole nitrogens is 1. The van der Waals surface area contributed by atoms with Crippen molar-refractivity contribution in [3.8, 4) is 0 Å². The molecule has 0 radical (unpaired) electrons. The van der Waals surface area contributed by atoms with Crippen molar-refractivity contribution >= 4 is 34.3 Å². The van der Waals surface area contributed by atoms with Crippen molar-refractivity contribution in [3.05, 3.63) is 70.9 Å². The van der Waals surface area contributed by atoms with Crippen molar-refractivity contribution in [1.82, 2.24) is 15.2 Å². The number of aromatic amines is 1. The summed E-state index contributed by atoms with van der Waals surface area (Å²) in [5.74, 6) is -1.57. The molecule has 184 valence electrons. The van der Waals surface area contributed by atoms with Gasteiger partial charge >= 0.3 is 0 Å². The van der Waals surface area contributed by atoms with Crippen molar-refractivity contribution in [1.29, 1.82) is 0 Å². The van der Waals surface area contributed by atoms with Gasteiger partial charge in [0, 0.05) is 29.0 Å². The number of nitrogens with one attached hydrogen (secondary N) is 2. The van der Waals surface area contributed by atoms with Gasteiger partial charge in [-0.2, -0.15) is 0 Å². The molecule has 3 N–H and O–H groups in total. The van der Waals surface area contributed by atoms with E-state index >= 15 is 0 Å². The molecule has 2 saturated heterocycles. The zero-order valence-corrected chi connectivity index (χ0v) is 20.3. The molecule has 4 unspecified atom stereocenters. The van der Waals surface area contributed by atoms with E-state index in [4.69, 9.17) is 21.1 Å². The molecule has 3 heterocycles. The SMILES string of the molecule is CC1(C)OC2CN(C(=O)C(O)C(Cc3ccccc3)NC(=O)c3cc4cc(Cl)ccc4[nH]3)CC2O1. The van der Waals surface area contributed by atoms with Crippen LogP contribution in [0.25, 0.3) is 10.9 Å². The van der Waals surface area contributed by atoms with Gasteiger partial charge in [-0.3, -0.25) is 9.59 Å². The zero-order valence-electron chi connectivity index (χ0n) is 19.5. The summed E-state index contributed by atoms with van der Waals surface area (Å²) >= 11 is 6.06. The summed E-state index contributed by atoms with van der Waals surface area (Å²) in [6.07, 6.45) is -1.63. The van der Waals surface area contributed by atoms with E-state index in [1.54, 1.807) is 29.2 Å². The Morgan fingerprint density at radius 1 is 1.14 bits per heavy atom. The van der Waals surface area contributed by atoms with Gasteiger partial charge in [-0.15, -0.1) is 0 Å². The first-order chi connectivity index (χ1) is 16.7. The number of ether oxygens (including phenoxy) is 2. The lowest BCUT2D eigenvalue weighted by Crippen LogP contribution is -2.53. The summed E-state index contributed by atoms with van der Waals surface area (Å²) < 4.78 is 11.7. The topological polar surface area (TPSA) is 104 Å². The number of carbonyl (C=O) groups excluding carboxylic acids is 2. The number of halogens is 1. The Balaban J connectivity index is 1.33. The molecule has 2 fully saturated rings. The van der Waals surface area contributed by atoms with Crippen LogP contribution in [-0.2, 0) is 20.7 Å². The van der Waals surface area contributed by atoms with E-state index in [-0.39, 0.29) is 18.6 Å². The van der Waals surface area contributed by atoms with Gasteiger partial charge in [0.2, 0.25) is 0 Å². The lowest BCUT2D eigenvalue weighted by atomic mass is 10.00. The van der Waals surface area contributed by atoms with Crippen molar-refractivity contribution in [2.75, 3.05) is 13.1 Å². The predicted octanol–water partition coefficient (Wildman–Crippen LogP) is 2.89. The first kappa shape index (κ1) is 23.8. The van der Waals surface area contributed by atoms with Gasteiger partial charge in [-0.05, 0) is 50.1 Å². The Morgan fingerprint density at radius 2 is 1.83 bits per heavy atom. The van der Waals surface area contributed by atoms with Crippen LogP contribution in [0.2, 0.25) is 5.02 Å². The fourth-order valence-corrected chi connectivity index (χ4v) is 5.03. The second kappa shape index (κ2) is 9.28. The number of aliphatic hydroxyl groups is 1. The molecule has 0 saturated carbocycles. The van der Waals surface area contributed by atoms with Crippen molar-refractivity contribution < 1.29 is 24.2 Å². The van der Waals surface area contributed by atoms with Gasteiger partial charge in [0.1, 0.15) is 17.9 Å². The number of benzene rings is 2. The van der Waals surface area contributed by atoms with Gasteiger partial charge in [0.15, 0.2) is 11.9 Å². The van der Waals surface area contributed by atoms with Gasteiger partial charge in [0.05, 0.1) is 6.04 Å². The van der Waals surface area contributed by atoms with Crippen LogP contribution >= 0.6 is 11.6 Å². The Morgan fingerprint density at radius 3 is 2.51 bits per heavy atom. The van der Waals surface area contributed by atoms with Gasteiger partial charge in [-0.25, -0.2) is 0 Å². The number of fused-ring (bicyclic) bond motifs is 2. The van der Waals surface area contributed by atoms with Crippen LogP contribution in [-0.4, -0.2) is 70.0 Å². The standard InChI is InChI=1S/C26H28ClN3O5/c1-26(2)34-21-13-30(14-22(21)35-26)25(33)23(31)19(10-15-6-4-3-5-7-15)29-24(32)20-12-16-11-17(27)8-9-18(16)28-20/h3-9,11-12,19,21-23,28,31H,10,13-14H2,1-2H3,(H,29,32). The van der Waals surface area contributed by atoms with E-state index in [0.717, 1.165) is 16.5 Å². The molecular weight excluding hydrogens is 470 g/mol. The molecule has 2 aliphatic rings. The molecule has 5 rings (SSSR count). The molecule has 1 aromatic heterocycles. The van der Waals surface area contributed by atoms with E-state index in [1.165, 1.54) is 0 Å². The molecule has 2 aliphatic heterocycles. The zero-order chi connectivity index (χ0) is 24.7. The summed E-state index contributed by atoms with van der Waals surface area (Å²) in [4.78, 5) is 31.0. The number of carbonyl (C=O) groups is 2. The van der Waals surface area contributed by atoms with Crippen LogP contribution in [0.5, 0.6) is 0 Å². The van der Waals surface area contributed by atoms with Crippen molar-refractivity contribution in [3.63, 3.8) is 0 Å². The summed E-state index contributed by atoms with van der Waals surface area (Å²) in [6, 6.07) is 15.6. The molecule has 4 atom stereocenters. The maximum absolute atomic E-state index is 13.3. The maximum Gasteiger partial charge on any atom is 0.268 e. The maximum atomic E-state index is 13.3. The van der Waals surface area contributed by atoms with E-state index in [2.05, 4.69) is 10.3 Å². The van der Waals surface area contributed by atoms with E-state index < -0.39 is 29.7 Å².